The fourth-order valence-electron chi connectivity index (χ4n) is 2.53. The number of nitrogens with zero attached hydrogens (tertiary/aromatic N) is 2. The van der Waals surface area contributed by atoms with E-state index in [4.69, 9.17) is 10.5 Å². The molecule has 0 radical (unpaired) electrons. The maximum atomic E-state index is 11.5. The van der Waals surface area contributed by atoms with Crippen LogP contribution < -0.4 is 15.8 Å². The third kappa shape index (κ3) is 3.98. The Morgan fingerprint density at radius 3 is 2.88 bits per heavy atom. The van der Waals surface area contributed by atoms with E-state index in [-0.39, 0.29) is 0 Å². The molecular weight excluding hydrogens is 316 g/mol. The second kappa shape index (κ2) is 7.53. The normalized spacial score (nSPS) is 10.4. The number of anilines is 1. The molecular formula is C19H20N4O2. The number of nitrogens with one attached hydrogen (secondary N) is 1. The Kier molecular flexibility index (Phi) is 4.99. The molecule has 0 aliphatic rings. The van der Waals surface area contributed by atoms with Gasteiger partial charge in [-0.05, 0) is 31.2 Å². The van der Waals surface area contributed by atoms with E-state index in [1.54, 1.807) is 30.5 Å². The molecule has 0 aliphatic heterocycles. The Bertz CT molecular complexity index is 873. The molecule has 0 saturated heterocycles. The van der Waals surface area contributed by atoms with E-state index in [2.05, 4.69) is 21.8 Å². The van der Waals surface area contributed by atoms with Crippen LogP contribution in [-0.4, -0.2) is 15.5 Å². The van der Waals surface area contributed by atoms with Crippen LogP contribution in [0.15, 0.2) is 60.9 Å². The third-order valence-corrected chi connectivity index (χ3v) is 3.81. The number of carbonyl (C=O) groups is 1. The number of hydrogen-bond acceptors (Lipinski definition) is 4. The number of amides is 1. The molecule has 25 heavy (non-hydrogen) atoms. The fraction of sp³-hybridized carbons (Fsp3) is 0.158. The first-order valence-electron chi connectivity index (χ1n) is 8.08. The molecule has 128 valence electrons. The molecule has 1 amide bonds. The van der Waals surface area contributed by atoms with E-state index in [1.807, 2.05) is 30.5 Å². The van der Waals surface area contributed by atoms with Crippen molar-refractivity contribution in [1.29, 1.82) is 0 Å². The molecule has 2 aromatic carbocycles. The van der Waals surface area contributed by atoms with Crippen molar-refractivity contribution in [3.05, 3.63) is 72.3 Å². The van der Waals surface area contributed by atoms with Crippen molar-refractivity contribution in [3.8, 4) is 11.5 Å². The Morgan fingerprint density at radius 1 is 1.24 bits per heavy atom. The first-order valence-corrected chi connectivity index (χ1v) is 8.08. The number of carbonyl (C=O) groups excluding carboxylic acids is 1. The number of para-hydroxylation sites is 1. The van der Waals surface area contributed by atoms with Crippen LogP contribution in [0.1, 0.15) is 23.1 Å². The van der Waals surface area contributed by atoms with E-state index < -0.39 is 5.91 Å². The van der Waals surface area contributed by atoms with Gasteiger partial charge in [-0.2, -0.15) is 0 Å². The quantitative estimate of drug-likeness (QED) is 0.693. The zero-order valence-corrected chi connectivity index (χ0v) is 14.0. The third-order valence-electron chi connectivity index (χ3n) is 3.81. The molecule has 1 heterocycles. The van der Waals surface area contributed by atoms with Crippen molar-refractivity contribution < 1.29 is 9.53 Å². The van der Waals surface area contributed by atoms with Gasteiger partial charge in [-0.15, -0.1) is 0 Å². The van der Waals surface area contributed by atoms with Crippen LogP contribution >= 0.6 is 0 Å². The minimum Gasteiger partial charge on any atom is -0.456 e. The van der Waals surface area contributed by atoms with Crippen LogP contribution in [0.25, 0.3) is 0 Å². The SMILES string of the molecule is CCn1ccnc1CNc1cccc(Oc2ccccc2C(N)=O)c1. The van der Waals surface area contributed by atoms with Gasteiger partial charge in [0.1, 0.15) is 17.3 Å². The van der Waals surface area contributed by atoms with Crippen LogP contribution in [0, 0.1) is 0 Å². The van der Waals surface area contributed by atoms with Crippen molar-refractivity contribution >= 4 is 11.6 Å². The zero-order valence-electron chi connectivity index (χ0n) is 14.0. The fourth-order valence-corrected chi connectivity index (χ4v) is 2.53. The van der Waals surface area contributed by atoms with Gasteiger partial charge in [0.2, 0.25) is 0 Å². The van der Waals surface area contributed by atoms with Crippen LogP contribution in [0.2, 0.25) is 0 Å². The highest BCUT2D eigenvalue weighted by molar-refractivity contribution is 5.95. The van der Waals surface area contributed by atoms with Gasteiger partial charge in [-0.25, -0.2) is 4.98 Å². The van der Waals surface area contributed by atoms with E-state index in [9.17, 15) is 4.79 Å². The van der Waals surface area contributed by atoms with E-state index in [0.29, 0.717) is 23.6 Å². The first-order chi connectivity index (χ1) is 12.2. The van der Waals surface area contributed by atoms with Crippen LogP contribution in [0.4, 0.5) is 5.69 Å². The average Bonchev–Trinajstić information content (AvgIpc) is 3.08. The van der Waals surface area contributed by atoms with Crippen molar-refractivity contribution in [1.82, 2.24) is 9.55 Å². The summed E-state index contributed by atoms with van der Waals surface area (Å²) in [5, 5.41) is 3.33. The number of ether oxygens (including phenoxy) is 1. The number of imidazole rings is 1. The highest BCUT2D eigenvalue weighted by Gasteiger charge is 2.09. The van der Waals surface area contributed by atoms with Gasteiger partial charge in [0.05, 0.1) is 12.1 Å². The lowest BCUT2D eigenvalue weighted by Gasteiger charge is -2.12. The number of aryl methyl sites for hydroxylation is 1. The van der Waals surface area contributed by atoms with E-state index >= 15 is 0 Å². The smallest absolute Gasteiger partial charge is 0.252 e. The van der Waals surface area contributed by atoms with E-state index in [1.165, 1.54) is 0 Å². The molecule has 0 atom stereocenters. The second-order valence-corrected chi connectivity index (χ2v) is 5.47. The van der Waals surface area contributed by atoms with Crippen molar-refractivity contribution in [3.63, 3.8) is 0 Å². The summed E-state index contributed by atoms with van der Waals surface area (Å²) < 4.78 is 7.91. The van der Waals surface area contributed by atoms with Gasteiger partial charge < -0.3 is 20.4 Å². The minimum absolute atomic E-state index is 0.353. The monoisotopic (exact) mass is 336 g/mol. The summed E-state index contributed by atoms with van der Waals surface area (Å²) in [5.74, 6) is 1.51. The summed E-state index contributed by atoms with van der Waals surface area (Å²) in [7, 11) is 0. The molecule has 0 spiro atoms. The molecule has 1 aromatic heterocycles. The average molecular weight is 336 g/mol. The molecule has 0 unspecified atom stereocenters. The van der Waals surface area contributed by atoms with Crippen LogP contribution in [0.5, 0.6) is 11.5 Å². The van der Waals surface area contributed by atoms with Crippen LogP contribution in [-0.2, 0) is 13.1 Å². The van der Waals surface area contributed by atoms with Gasteiger partial charge in [0.25, 0.3) is 5.91 Å². The lowest BCUT2D eigenvalue weighted by molar-refractivity contribution is 0.0998. The van der Waals surface area contributed by atoms with Crippen molar-refractivity contribution in [2.75, 3.05) is 5.32 Å². The Labute approximate surface area is 146 Å². The molecule has 6 nitrogen and oxygen atoms in total. The number of benzene rings is 2. The zero-order chi connectivity index (χ0) is 17.6. The second-order valence-electron chi connectivity index (χ2n) is 5.47. The van der Waals surface area contributed by atoms with Crippen molar-refractivity contribution in [2.24, 2.45) is 5.73 Å². The predicted octanol–water partition coefficient (Wildman–Crippen LogP) is 3.41. The molecule has 6 heteroatoms. The van der Waals surface area contributed by atoms with Crippen LogP contribution in [0.3, 0.4) is 0 Å². The molecule has 0 saturated carbocycles. The largest absolute Gasteiger partial charge is 0.456 e. The summed E-state index contributed by atoms with van der Waals surface area (Å²) in [6.45, 7) is 3.57. The number of nitrogens with two attached hydrogens (primary N) is 1. The summed E-state index contributed by atoms with van der Waals surface area (Å²) in [6, 6.07) is 14.5. The first kappa shape index (κ1) is 16.6. The number of aromatic nitrogens is 2. The van der Waals surface area contributed by atoms with Crippen molar-refractivity contribution in [2.45, 2.75) is 20.0 Å². The standard InChI is InChI=1S/C19H20N4O2/c1-2-23-11-10-21-18(23)13-22-14-6-5-7-15(12-14)25-17-9-4-3-8-16(17)19(20)24/h3-12,22H,2,13H2,1H3,(H2,20,24). The number of rotatable bonds is 7. The molecule has 0 aliphatic carbocycles. The van der Waals surface area contributed by atoms with Gasteiger partial charge in [0, 0.05) is 30.7 Å². The maximum Gasteiger partial charge on any atom is 0.252 e. The van der Waals surface area contributed by atoms with Gasteiger partial charge in [-0.3, -0.25) is 4.79 Å². The molecule has 3 N–H and O–H groups in total. The summed E-state index contributed by atoms with van der Waals surface area (Å²) >= 11 is 0. The summed E-state index contributed by atoms with van der Waals surface area (Å²) in [5.41, 5.74) is 6.64. The molecule has 3 rings (SSSR count). The summed E-state index contributed by atoms with van der Waals surface area (Å²) in [6.07, 6.45) is 3.75. The molecule has 3 aromatic rings. The lowest BCUT2D eigenvalue weighted by atomic mass is 10.2. The maximum absolute atomic E-state index is 11.5. The van der Waals surface area contributed by atoms with Gasteiger partial charge in [-0.1, -0.05) is 18.2 Å². The Morgan fingerprint density at radius 2 is 2.08 bits per heavy atom. The Hall–Kier alpha value is -3.28. The number of hydrogen-bond donors (Lipinski definition) is 2. The molecule has 0 bridgehead atoms. The van der Waals surface area contributed by atoms with Gasteiger partial charge in [0.15, 0.2) is 0 Å². The Balaban J connectivity index is 1.73. The lowest BCUT2D eigenvalue weighted by Crippen LogP contribution is -2.12. The highest BCUT2D eigenvalue weighted by atomic mass is 16.5. The highest BCUT2D eigenvalue weighted by Crippen LogP contribution is 2.27. The van der Waals surface area contributed by atoms with Gasteiger partial charge >= 0.3 is 0 Å². The topological polar surface area (TPSA) is 82.2 Å². The predicted molar refractivity (Wildman–Crippen MR) is 96.7 cm³/mol. The van der Waals surface area contributed by atoms with E-state index in [0.717, 1.165) is 18.1 Å². The minimum atomic E-state index is -0.517. The molecule has 0 fully saturated rings. The summed E-state index contributed by atoms with van der Waals surface area (Å²) in [4.78, 5) is 15.8. The number of primary amides is 1.